The lowest BCUT2D eigenvalue weighted by atomic mass is 10.2. The van der Waals surface area contributed by atoms with E-state index in [0.717, 1.165) is 36.5 Å². The summed E-state index contributed by atoms with van der Waals surface area (Å²) in [5, 5.41) is 0.113. The lowest BCUT2D eigenvalue weighted by molar-refractivity contribution is -0.112. The van der Waals surface area contributed by atoms with Crippen LogP contribution in [0.25, 0.3) is 0 Å². The molecule has 0 N–H and O–H groups in total. The molecule has 1 aromatic carbocycles. The van der Waals surface area contributed by atoms with Crippen LogP contribution in [0.2, 0.25) is 36.8 Å². The maximum atomic E-state index is 11.1. The van der Waals surface area contributed by atoms with E-state index in [4.69, 9.17) is 38.9 Å². The Morgan fingerprint density at radius 1 is 1.00 bits per heavy atom. The van der Waals surface area contributed by atoms with E-state index < -0.39 is 16.6 Å². The van der Waals surface area contributed by atoms with Crippen molar-refractivity contribution in [3.05, 3.63) is 34.9 Å². The standard InChI is InChI=1S/C18H27Cl3O3Si2/c1-25(2,11-5-9-17(20)22)24-26(3,12-6-10-18(21)23)14-15-7-4-8-16(19)13-15/h4,7-8,13H,5-6,9-12,14H2,1-3H3. The molecule has 0 spiro atoms. The summed E-state index contributed by atoms with van der Waals surface area (Å²) in [5.74, 6) is 0. The van der Waals surface area contributed by atoms with Crippen molar-refractivity contribution in [1.29, 1.82) is 0 Å². The van der Waals surface area contributed by atoms with Gasteiger partial charge in [0, 0.05) is 17.9 Å². The minimum absolute atomic E-state index is 0.297. The van der Waals surface area contributed by atoms with E-state index in [1.807, 2.05) is 18.2 Å². The van der Waals surface area contributed by atoms with E-state index in [9.17, 15) is 9.59 Å². The summed E-state index contributed by atoms with van der Waals surface area (Å²) < 4.78 is 6.76. The lowest BCUT2D eigenvalue weighted by Crippen LogP contribution is -2.48. The Hall–Kier alpha value is -0.176. The number of benzene rings is 1. The van der Waals surface area contributed by atoms with Gasteiger partial charge < -0.3 is 4.12 Å². The summed E-state index contributed by atoms with van der Waals surface area (Å²) in [6.45, 7) is 6.58. The Morgan fingerprint density at radius 2 is 1.58 bits per heavy atom. The lowest BCUT2D eigenvalue weighted by Gasteiger charge is -2.37. The van der Waals surface area contributed by atoms with Gasteiger partial charge in [0.05, 0.1) is 0 Å². The molecule has 1 atom stereocenters. The van der Waals surface area contributed by atoms with Crippen molar-refractivity contribution in [1.82, 2.24) is 0 Å². The third kappa shape index (κ3) is 10.2. The van der Waals surface area contributed by atoms with E-state index in [1.54, 1.807) is 0 Å². The third-order valence-electron chi connectivity index (χ3n) is 4.22. The molecule has 1 unspecified atom stereocenters. The van der Waals surface area contributed by atoms with Crippen LogP contribution in [0.4, 0.5) is 0 Å². The fourth-order valence-corrected chi connectivity index (χ4v) is 13.4. The maximum Gasteiger partial charge on any atom is 0.221 e. The highest BCUT2D eigenvalue weighted by Crippen LogP contribution is 2.29. The first-order valence-corrected chi connectivity index (χ1v) is 15.9. The number of carbonyl (C=O) groups excluding carboxylic acids is 2. The van der Waals surface area contributed by atoms with Crippen LogP contribution in [0.15, 0.2) is 24.3 Å². The van der Waals surface area contributed by atoms with Gasteiger partial charge in [0.1, 0.15) is 0 Å². The highest BCUT2D eigenvalue weighted by Gasteiger charge is 2.36. The first-order valence-electron chi connectivity index (χ1n) is 8.83. The molecular formula is C18H27Cl3O3Si2. The van der Waals surface area contributed by atoms with Crippen molar-refractivity contribution in [2.45, 2.75) is 63.5 Å². The second-order valence-corrected chi connectivity index (χ2v) is 17.4. The van der Waals surface area contributed by atoms with Crippen molar-refractivity contribution in [2.24, 2.45) is 0 Å². The number of halogens is 3. The van der Waals surface area contributed by atoms with Gasteiger partial charge in [-0.05, 0) is 91.5 Å². The largest absolute Gasteiger partial charge is 0.455 e. The van der Waals surface area contributed by atoms with E-state index in [2.05, 4.69) is 25.7 Å². The molecule has 8 heteroatoms. The Morgan fingerprint density at radius 3 is 2.12 bits per heavy atom. The predicted octanol–water partition coefficient (Wildman–Crippen LogP) is 6.31. The summed E-state index contributed by atoms with van der Waals surface area (Å²) in [7, 11) is -4.07. The first kappa shape index (κ1) is 23.9. The van der Waals surface area contributed by atoms with Crippen LogP contribution in [0.1, 0.15) is 31.2 Å². The SMILES string of the molecule is C[Si](C)(CCCC(=O)Cl)O[Si](C)(CCCC(=O)Cl)Cc1cccc(Cl)c1. The molecule has 1 rings (SSSR count). The maximum absolute atomic E-state index is 11.1. The average molecular weight is 454 g/mol. The number of hydrogen-bond donors (Lipinski definition) is 0. The van der Waals surface area contributed by atoms with E-state index in [-0.39, 0.29) is 10.5 Å². The molecule has 1 aromatic rings. The molecule has 0 aliphatic heterocycles. The molecule has 146 valence electrons. The monoisotopic (exact) mass is 452 g/mol. The molecule has 0 aromatic heterocycles. The Kier molecular flexibility index (Phi) is 10.1. The predicted molar refractivity (Wildman–Crippen MR) is 115 cm³/mol. The fraction of sp³-hybridized carbons (Fsp3) is 0.556. The zero-order chi connectivity index (χ0) is 19.8. The minimum atomic E-state index is -2.12. The molecule has 0 saturated carbocycles. The smallest absolute Gasteiger partial charge is 0.221 e. The molecular weight excluding hydrogens is 427 g/mol. The van der Waals surface area contributed by atoms with Crippen LogP contribution in [0, 0.1) is 0 Å². The van der Waals surface area contributed by atoms with Crippen molar-refractivity contribution < 1.29 is 13.7 Å². The van der Waals surface area contributed by atoms with Gasteiger partial charge in [-0.2, -0.15) is 0 Å². The minimum Gasteiger partial charge on any atom is -0.455 e. The molecule has 0 fully saturated rings. The molecule has 0 amide bonds. The molecule has 0 radical (unpaired) electrons. The van der Waals surface area contributed by atoms with Gasteiger partial charge >= 0.3 is 0 Å². The highest BCUT2D eigenvalue weighted by molar-refractivity contribution is 6.85. The summed E-state index contributed by atoms with van der Waals surface area (Å²) in [5.41, 5.74) is 1.16. The average Bonchev–Trinajstić information content (AvgIpc) is 2.44. The first-order chi connectivity index (χ1) is 12.0. The van der Waals surface area contributed by atoms with Crippen LogP contribution < -0.4 is 0 Å². The molecule has 0 bridgehead atoms. The second-order valence-electron chi connectivity index (χ2n) is 7.54. The van der Waals surface area contributed by atoms with Crippen molar-refractivity contribution in [3.8, 4) is 0 Å². The van der Waals surface area contributed by atoms with E-state index >= 15 is 0 Å². The van der Waals surface area contributed by atoms with Gasteiger partial charge in [-0.3, -0.25) is 9.59 Å². The summed E-state index contributed by atoms with van der Waals surface area (Å²) >= 11 is 17.1. The fourth-order valence-electron chi connectivity index (χ4n) is 3.23. The van der Waals surface area contributed by atoms with Gasteiger partial charge in [0.2, 0.25) is 10.5 Å². The zero-order valence-electron chi connectivity index (χ0n) is 15.6. The molecule has 3 nitrogen and oxygen atoms in total. The van der Waals surface area contributed by atoms with Gasteiger partial charge in [0.15, 0.2) is 16.6 Å². The number of rotatable bonds is 12. The van der Waals surface area contributed by atoms with E-state index in [1.165, 1.54) is 0 Å². The van der Waals surface area contributed by atoms with Crippen LogP contribution >= 0.6 is 34.8 Å². The summed E-state index contributed by atoms with van der Waals surface area (Å²) in [6.07, 6.45) is 2.24. The normalized spacial score (nSPS) is 14.1. The van der Waals surface area contributed by atoms with Gasteiger partial charge in [-0.15, -0.1) is 0 Å². The van der Waals surface area contributed by atoms with Gasteiger partial charge in [-0.25, -0.2) is 0 Å². The second kappa shape index (κ2) is 11.0. The van der Waals surface area contributed by atoms with Gasteiger partial charge in [-0.1, -0.05) is 23.7 Å². The molecule has 0 aliphatic rings. The van der Waals surface area contributed by atoms with Crippen LogP contribution in [0.5, 0.6) is 0 Å². The Balaban J connectivity index is 2.84. The molecule has 0 heterocycles. The highest BCUT2D eigenvalue weighted by atomic mass is 35.5. The summed E-state index contributed by atoms with van der Waals surface area (Å²) in [6, 6.07) is 10.4. The van der Waals surface area contributed by atoms with Crippen LogP contribution in [-0.2, 0) is 19.7 Å². The molecule has 0 aliphatic carbocycles. The molecule has 0 saturated heterocycles. The summed E-state index contributed by atoms with van der Waals surface area (Å²) in [4.78, 5) is 22.1. The van der Waals surface area contributed by atoms with E-state index in [0.29, 0.717) is 17.9 Å². The Labute approximate surface area is 173 Å². The van der Waals surface area contributed by atoms with Gasteiger partial charge in [0.25, 0.3) is 0 Å². The van der Waals surface area contributed by atoms with Crippen molar-refractivity contribution in [3.63, 3.8) is 0 Å². The molecule has 26 heavy (non-hydrogen) atoms. The topological polar surface area (TPSA) is 43.4 Å². The van der Waals surface area contributed by atoms with Crippen LogP contribution in [0.3, 0.4) is 0 Å². The van der Waals surface area contributed by atoms with Crippen molar-refractivity contribution in [2.75, 3.05) is 0 Å². The third-order valence-corrected chi connectivity index (χ3v) is 13.1. The van der Waals surface area contributed by atoms with Crippen molar-refractivity contribution >= 4 is 61.9 Å². The van der Waals surface area contributed by atoms with Crippen LogP contribution in [-0.4, -0.2) is 27.1 Å². The Bertz CT molecular complexity index is 625. The number of hydrogen-bond acceptors (Lipinski definition) is 3. The zero-order valence-corrected chi connectivity index (χ0v) is 19.9. The number of carbonyl (C=O) groups is 2. The quantitative estimate of drug-likeness (QED) is 0.275.